The Labute approximate surface area is 169 Å². The summed E-state index contributed by atoms with van der Waals surface area (Å²) in [6.07, 6.45) is -3.03. The second-order valence-electron chi connectivity index (χ2n) is 8.51. The second kappa shape index (κ2) is 9.15. The van der Waals surface area contributed by atoms with E-state index in [2.05, 4.69) is 17.2 Å². The van der Waals surface area contributed by atoms with E-state index >= 15 is 0 Å². The number of halogens is 4. The lowest BCUT2D eigenvalue weighted by molar-refractivity contribution is -0.137. The summed E-state index contributed by atoms with van der Waals surface area (Å²) in [5.74, 6) is -0.620. The highest BCUT2D eigenvalue weighted by Crippen LogP contribution is 2.31. The van der Waals surface area contributed by atoms with Gasteiger partial charge >= 0.3 is 6.18 Å². The van der Waals surface area contributed by atoms with Gasteiger partial charge in [-0.1, -0.05) is 6.58 Å². The first-order valence-electron chi connectivity index (χ1n) is 9.69. The standard InChI is InChI=1S/C21H29F4N3O/c1-14(16-9-17(21(23,24)25)11-18(22)10-16)26-12-15-5-7-28(8-6-15)19(29)13-27-20(2,3)4/h9-11,15,26-27H,1,5-8,12-13H2,2-4H3. The van der Waals surface area contributed by atoms with Crippen molar-refractivity contribution in [1.82, 2.24) is 15.5 Å². The van der Waals surface area contributed by atoms with Crippen molar-refractivity contribution >= 4 is 11.6 Å². The highest BCUT2D eigenvalue weighted by atomic mass is 19.4. The zero-order valence-electron chi connectivity index (χ0n) is 17.1. The molecular weight excluding hydrogens is 386 g/mol. The fourth-order valence-corrected chi connectivity index (χ4v) is 3.14. The molecule has 0 aromatic heterocycles. The molecule has 8 heteroatoms. The molecular formula is C21H29F4N3O. The van der Waals surface area contributed by atoms with E-state index in [-0.39, 0.29) is 28.6 Å². The van der Waals surface area contributed by atoms with Crippen LogP contribution in [0.4, 0.5) is 17.6 Å². The number of alkyl halides is 3. The van der Waals surface area contributed by atoms with Crippen LogP contribution in [0.3, 0.4) is 0 Å². The van der Waals surface area contributed by atoms with E-state index in [1.165, 1.54) is 0 Å². The Morgan fingerprint density at radius 2 is 1.79 bits per heavy atom. The SMILES string of the molecule is C=C(NCC1CCN(C(=O)CNC(C)(C)C)CC1)c1cc(F)cc(C(F)(F)F)c1. The van der Waals surface area contributed by atoms with Crippen LogP contribution in [-0.2, 0) is 11.0 Å². The number of nitrogens with zero attached hydrogens (tertiary/aromatic N) is 1. The molecule has 0 saturated carbocycles. The molecule has 1 fully saturated rings. The molecule has 1 amide bonds. The van der Waals surface area contributed by atoms with Crippen LogP contribution < -0.4 is 10.6 Å². The van der Waals surface area contributed by atoms with Gasteiger partial charge in [-0.15, -0.1) is 0 Å². The van der Waals surface area contributed by atoms with Crippen LogP contribution in [0.25, 0.3) is 5.70 Å². The van der Waals surface area contributed by atoms with Crippen LogP contribution in [0.5, 0.6) is 0 Å². The normalized spacial score (nSPS) is 16.0. The van der Waals surface area contributed by atoms with E-state index in [1.807, 2.05) is 25.7 Å². The number of hydrogen-bond donors (Lipinski definition) is 2. The van der Waals surface area contributed by atoms with Crippen molar-refractivity contribution < 1.29 is 22.4 Å². The number of hydrogen-bond acceptors (Lipinski definition) is 3. The number of piperidine rings is 1. The van der Waals surface area contributed by atoms with E-state index in [1.54, 1.807) is 0 Å². The molecule has 2 N–H and O–H groups in total. The quantitative estimate of drug-likeness (QED) is 0.690. The summed E-state index contributed by atoms with van der Waals surface area (Å²) in [6.45, 7) is 11.8. The molecule has 0 bridgehead atoms. The first-order valence-corrected chi connectivity index (χ1v) is 9.69. The fourth-order valence-electron chi connectivity index (χ4n) is 3.14. The predicted molar refractivity (Wildman–Crippen MR) is 105 cm³/mol. The molecule has 1 aliphatic heterocycles. The van der Waals surface area contributed by atoms with Crippen molar-refractivity contribution in [3.63, 3.8) is 0 Å². The Morgan fingerprint density at radius 3 is 2.34 bits per heavy atom. The third kappa shape index (κ3) is 7.34. The molecule has 1 saturated heterocycles. The van der Waals surface area contributed by atoms with Gasteiger partial charge < -0.3 is 15.5 Å². The number of rotatable bonds is 6. The zero-order valence-corrected chi connectivity index (χ0v) is 17.1. The first-order chi connectivity index (χ1) is 13.3. The van der Waals surface area contributed by atoms with E-state index in [9.17, 15) is 22.4 Å². The second-order valence-corrected chi connectivity index (χ2v) is 8.51. The van der Waals surface area contributed by atoms with Gasteiger partial charge in [0.15, 0.2) is 0 Å². The number of benzene rings is 1. The molecule has 1 aromatic rings. The predicted octanol–water partition coefficient (Wildman–Crippen LogP) is 4.03. The number of carbonyl (C=O) groups is 1. The maximum atomic E-state index is 13.6. The topological polar surface area (TPSA) is 44.4 Å². The lowest BCUT2D eigenvalue weighted by Gasteiger charge is -2.33. The molecule has 162 valence electrons. The van der Waals surface area contributed by atoms with Crippen molar-refractivity contribution in [3.8, 4) is 0 Å². The van der Waals surface area contributed by atoms with E-state index in [0.717, 1.165) is 25.0 Å². The summed E-state index contributed by atoms with van der Waals surface area (Å²) in [7, 11) is 0. The monoisotopic (exact) mass is 415 g/mol. The largest absolute Gasteiger partial charge is 0.416 e. The third-order valence-electron chi connectivity index (χ3n) is 4.91. The molecule has 1 heterocycles. The van der Waals surface area contributed by atoms with Gasteiger partial charge in [0.2, 0.25) is 5.91 Å². The van der Waals surface area contributed by atoms with Crippen LogP contribution in [-0.4, -0.2) is 42.5 Å². The maximum Gasteiger partial charge on any atom is 0.416 e. The van der Waals surface area contributed by atoms with E-state index in [4.69, 9.17) is 0 Å². The van der Waals surface area contributed by atoms with Gasteiger partial charge in [0, 0.05) is 36.4 Å². The number of carbonyl (C=O) groups excluding carboxylic acids is 1. The minimum absolute atomic E-state index is 0.0650. The summed E-state index contributed by atoms with van der Waals surface area (Å²) in [5, 5.41) is 6.20. The van der Waals surface area contributed by atoms with Crippen molar-refractivity contribution in [2.24, 2.45) is 5.92 Å². The van der Waals surface area contributed by atoms with Gasteiger partial charge in [0.25, 0.3) is 0 Å². The summed E-state index contributed by atoms with van der Waals surface area (Å²) >= 11 is 0. The Bertz CT molecular complexity index is 732. The Kier molecular flexibility index (Phi) is 7.32. The highest BCUT2D eigenvalue weighted by molar-refractivity contribution is 5.78. The van der Waals surface area contributed by atoms with Gasteiger partial charge in [0.1, 0.15) is 5.82 Å². The number of likely N-dealkylation sites (tertiary alicyclic amines) is 1. The molecule has 0 atom stereocenters. The average molecular weight is 415 g/mol. The summed E-state index contributed by atoms with van der Waals surface area (Å²) in [4.78, 5) is 14.1. The molecule has 0 spiro atoms. The van der Waals surface area contributed by atoms with Crippen molar-refractivity contribution in [2.45, 2.75) is 45.3 Å². The summed E-state index contributed by atoms with van der Waals surface area (Å²) in [6, 6.07) is 2.40. The molecule has 1 aromatic carbocycles. The maximum absolute atomic E-state index is 13.6. The third-order valence-corrected chi connectivity index (χ3v) is 4.91. The zero-order chi connectivity index (χ0) is 21.8. The molecule has 2 rings (SSSR count). The van der Waals surface area contributed by atoms with E-state index < -0.39 is 17.6 Å². The molecule has 0 radical (unpaired) electrons. The Morgan fingerprint density at radius 1 is 1.17 bits per heavy atom. The summed E-state index contributed by atoms with van der Waals surface area (Å²) < 4.78 is 52.1. The van der Waals surface area contributed by atoms with Crippen molar-refractivity contribution in [1.29, 1.82) is 0 Å². The molecule has 0 unspecified atom stereocenters. The van der Waals surface area contributed by atoms with Crippen LogP contribution in [0.2, 0.25) is 0 Å². The van der Waals surface area contributed by atoms with Crippen LogP contribution in [0.15, 0.2) is 24.8 Å². The van der Waals surface area contributed by atoms with Gasteiger partial charge in [-0.2, -0.15) is 13.2 Å². The Hall–Kier alpha value is -2.09. The van der Waals surface area contributed by atoms with Crippen molar-refractivity contribution in [3.05, 3.63) is 41.7 Å². The molecule has 0 aliphatic carbocycles. The van der Waals surface area contributed by atoms with Crippen LogP contribution in [0, 0.1) is 11.7 Å². The van der Waals surface area contributed by atoms with Gasteiger partial charge in [-0.05, 0) is 57.7 Å². The van der Waals surface area contributed by atoms with Gasteiger partial charge in [-0.25, -0.2) is 4.39 Å². The average Bonchev–Trinajstić information content (AvgIpc) is 2.62. The van der Waals surface area contributed by atoms with Crippen molar-refractivity contribution in [2.75, 3.05) is 26.2 Å². The van der Waals surface area contributed by atoms with Crippen LogP contribution in [0.1, 0.15) is 44.7 Å². The number of amides is 1. The molecule has 29 heavy (non-hydrogen) atoms. The van der Waals surface area contributed by atoms with Gasteiger partial charge in [-0.3, -0.25) is 4.79 Å². The molecule has 4 nitrogen and oxygen atoms in total. The smallest absolute Gasteiger partial charge is 0.385 e. The van der Waals surface area contributed by atoms with Gasteiger partial charge in [0.05, 0.1) is 12.1 Å². The van der Waals surface area contributed by atoms with E-state index in [0.29, 0.717) is 32.2 Å². The first kappa shape index (κ1) is 23.2. The minimum atomic E-state index is -4.61. The lowest BCUT2D eigenvalue weighted by Crippen LogP contribution is -2.47. The summed E-state index contributed by atoms with van der Waals surface area (Å²) in [5.41, 5.74) is -0.826. The Balaban J connectivity index is 1.83. The fraction of sp³-hybridized carbons (Fsp3) is 0.571. The molecule has 1 aliphatic rings. The highest BCUT2D eigenvalue weighted by Gasteiger charge is 2.31. The number of nitrogens with one attached hydrogen (secondary N) is 2. The minimum Gasteiger partial charge on any atom is -0.385 e. The van der Waals surface area contributed by atoms with Crippen LogP contribution >= 0.6 is 0 Å². The lowest BCUT2D eigenvalue weighted by atomic mass is 9.96.